The Kier molecular flexibility index (Phi) is 5.51. The first-order chi connectivity index (χ1) is 9.69. The highest BCUT2D eigenvalue weighted by atomic mass is 19.1. The van der Waals surface area contributed by atoms with E-state index in [2.05, 4.69) is 13.0 Å². The number of allylic oxidation sites excluding steroid dienone is 4. The SMILES string of the molecule is CCCCCCC1=CC=C(c2cc(F)cc(F)c2)CC1. The Morgan fingerprint density at radius 1 is 0.900 bits per heavy atom. The lowest BCUT2D eigenvalue weighted by molar-refractivity contribution is 0.582. The zero-order chi connectivity index (χ0) is 14.4. The van der Waals surface area contributed by atoms with Crippen molar-refractivity contribution in [2.24, 2.45) is 0 Å². The molecule has 1 aliphatic carbocycles. The van der Waals surface area contributed by atoms with Crippen LogP contribution in [0.4, 0.5) is 8.78 Å². The van der Waals surface area contributed by atoms with Gasteiger partial charge in [0.2, 0.25) is 0 Å². The fraction of sp³-hybridized carbons (Fsp3) is 0.444. The molecule has 1 aromatic carbocycles. The van der Waals surface area contributed by atoms with Crippen molar-refractivity contribution in [1.82, 2.24) is 0 Å². The number of unbranched alkanes of at least 4 members (excludes halogenated alkanes) is 3. The minimum atomic E-state index is -0.504. The van der Waals surface area contributed by atoms with Gasteiger partial charge in [0.25, 0.3) is 0 Å². The summed E-state index contributed by atoms with van der Waals surface area (Å²) in [7, 11) is 0. The Bertz CT molecular complexity index is 492. The molecule has 0 N–H and O–H groups in total. The molecule has 1 aromatic rings. The van der Waals surface area contributed by atoms with E-state index in [-0.39, 0.29) is 0 Å². The van der Waals surface area contributed by atoms with E-state index in [1.54, 1.807) is 0 Å². The van der Waals surface area contributed by atoms with E-state index in [1.165, 1.54) is 43.4 Å². The van der Waals surface area contributed by atoms with Crippen LogP contribution in [0.1, 0.15) is 57.4 Å². The minimum Gasteiger partial charge on any atom is -0.207 e. The number of benzene rings is 1. The Hall–Kier alpha value is -1.44. The van der Waals surface area contributed by atoms with Crippen molar-refractivity contribution < 1.29 is 8.78 Å². The molecule has 2 heteroatoms. The molecule has 20 heavy (non-hydrogen) atoms. The number of hydrogen-bond acceptors (Lipinski definition) is 0. The third-order valence-electron chi connectivity index (χ3n) is 3.82. The summed E-state index contributed by atoms with van der Waals surface area (Å²) < 4.78 is 26.4. The quantitative estimate of drug-likeness (QED) is 0.556. The number of halogens is 2. The Morgan fingerprint density at radius 2 is 1.65 bits per heavy atom. The summed E-state index contributed by atoms with van der Waals surface area (Å²) in [6, 6.07) is 3.74. The monoisotopic (exact) mass is 276 g/mol. The molecule has 0 aromatic heterocycles. The van der Waals surface area contributed by atoms with Crippen LogP contribution in [0.5, 0.6) is 0 Å². The maximum absolute atomic E-state index is 13.2. The second kappa shape index (κ2) is 7.37. The van der Waals surface area contributed by atoms with E-state index < -0.39 is 11.6 Å². The van der Waals surface area contributed by atoms with E-state index in [4.69, 9.17) is 0 Å². The molecule has 0 saturated heterocycles. The lowest BCUT2D eigenvalue weighted by Crippen LogP contribution is -1.95. The molecule has 0 radical (unpaired) electrons. The van der Waals surface area contributed by atoms with Gasteiger partial charge in [0.05, 0.1) is 0 Å². The van der Waals surface area contributed by atoms with Crippen molar-refractivity contribution in [3.05, 3.63) is 53.1 Å². The first-order valence-electron chi connectivity index (χ1n) is 7.54. The molecule has 0 unspecified atom stereocenters. The third-order valence-corrected chi connectivity index (χ3v) is 3.82. The average molecular weight is 276 g/mol. The fourth-order valence-corrected chi connectivity index (χ4v) is 2.65. The van der Waals surface area contributed by atoms with Crippen LogP contribution in [0, 0.1) is 11.6 Å². The van der Waals surface area contributed by atoms with Crippen molar-refractivity contribution in [1.29, 1.82) is 0 Å². The molecule has 0 spiro atoms. The maximum Gasteiger partial charge on any atom is 0.126 e. The van der Waals surface area contributed by atoms with Gasteiger partial charge >= 0.3 is 0 Å². The van der Waals surface area contributed by atoms with Crippen LogP contribution in [0.25, 0.3) is 5.57 Å². The molecule has 0 bridgehead atoms. The van der Waals surface area contributed by atoms with Crippen molar-refractivity contribution >= 4 is 5.57 Å². The minimum absolute atomic E-state index is 0.504. The van der Waals surface area contributed by atoms with Gasteiger partial charge in [-0.2, -0.15) is 0 Å². The molecule has 108 valence electrons. The van der Waals surface area contributed by atoms with Crippen LogP contribution in [0.2, 0.25) is 0 Å². The highest BCUT2D eigenvalue weighted by Crippen LogP contribution is 2.29. The van der Waals surface area contributed by atoms with Crippen LogP contribution in [-0.2, 0) is 0 Å². The van der Waals surface area contributed by atoms with Gasteiger partial charge in [-0.15, -0.1) is 0 Å². The molecule has 0 nitrogen and oxygen atoms in total. The Morgan fingerprint density at radius 3 is 2.25 bits per heavy atom. The molecule has 0 fully saturated rings. The van der Waals surface area contributed by atoms with Crippen LogP contribution in [0.15, 0.2) is 35.9 Å². The molecule has 1 aliphatic rings. The van der Waals surface area contributed by atoms with Gasteiger partial charge in [-0.25, -0.2) is 8.78 Å². The first-order valence-corrected chi connectivity index (χ1v) is 7.54. The summed E-state index contributed by atoms with van der Waals surface area (Å²) in [4.78, 5) is 0. The van der Waals surface area contributed by atoms with Gasteiger partial charge in [-0.1, -0.05) is 43.9 Å². The molecule has 2 rings (SSSR count). The largest absolute Gasteiger partial charge is 0.207 e. The molecule has 0 heterocycles. The topological polar surface area (TPSA) is 0 Å². The molecule has 0 aliphatic heterocycles. The second-order valence-corrected chi connectivity index (χ2v) is 5.49. The van der Waals surface area contributed by atoms with Gasteiger partial charge in [-0.05, 0) is 49.0 Å². The van der Waals surface area contributed by atoms with Crippen molar-refractivity contribution in [3.8, 4) is 0 Å². The van der Waals surface area contributed by atoms with E-state index in [0.717, 1.165) is 30.9 Å². The third kappa shape index (κ3) is 4.29. The van der Waals surface area contributed by atoms with Gasteiger partial charge in [0.1, 0.15) is 11.6 Å². The second-order valence-electron chi connectivity index (χ2n) is 5.49. The average Bonchev–Trinajstić information content (AvgIpc) is 2.43. The van der Waals surface area contributed by atoms with E-state index >= 15 is 0 Å². The Labute approximate surface area is 120 Å². The van der Waals surface area contributed by atoms with E-state index in [1.807, 2.05) is 6.08 Å². The molecule has 0 atom stereocenters. The van der Waals surface area contributed by atoms with Gasteiger partial charge in [-0.3, -0.25) is 0 Å². The van der Waals surface area contributed by atoms with Gasteiger partial charge < -0.3 is 0 Å². The standard InChI is InChI=1S/C18H22F2/c1-2-3-4-5-6-14-7-9-15(10-8-14)16-11-17(19)13-18(20)12-16/h7,9,11-13H,2-6,8,10H2,1H3. The van der Waals surface area contributed by atoms with Crippen LogP contribution in [0.3, 0.4) is 0 Å². The summed E-state index contributed by atoms with van der Waals surface area (Å²) in [5.74, 6) is -1.01. The smallest absolute Gasteiger partial charge is 0.126 e. The highest BCUT2D eigenvalue weighted by molar-refractivity contribution is 5.68. The molecule has 0 amide bonds. The molecule has 0 saturated carbocycles. The first kappa shape index (κ1) is 15.0. The molecular weight excluding hydrogens is 254 g/mol. The lowest BCUT2D eigenvalue weighted by atomic mass is 9.91. The van der Waals surface area contributed by atoms with Gasteiger partial charge in [0.15, 0.2) is 0 Å². The van der Waals surface area contributed by atoms with Crippen LogP contribution >= 0.6 is 0 Å². The van der Waals surface area contributed by atoms with E-state index in [0.29, 0.717) is 5.56 Å². The summed E-state index contributed by atoms with van der Waals surface area (Å²) in [5.41, 5.74) is 3.16. The van der Waals surface area contributed by atoms with Gasteiger partial charge in [0, 0.05) is 6.07 Å². The summed E-state index contributed by atoms with van der Waals surface area (Å²) in [5, 5.41) is 0. The van der Waals surface area contributed by atoms with Crippen molar-refractivity contribution in [3.63, 3.8) is 0 Å². The normalized spacial score (nSPS) is 14.9. The van der Waals surface area contributed by atoms with Crippen LogP contribution < -0.4 is 0 Å². The van der Waals surface area contributed by atoms with Crippen molar-refractivity contribution in [2.75, 3.05) is 0 Å². The maximum atomic E-state index is 13.2. The zero-order valence-corrected chi connectivity index (χ0v) is 12.1. The highest BCUT2D eigenvalue weighted by Gasteiger charge is 2.10. The predicted octanol–water partition coefficient (Wildman–Crippen LogP) is 6.04. The number of rotatable bonds is 6. The Balaban J connectivity index is 1.98. The lowest BCUT2D eigenvalue weighted by Gasteiger charge is -2.15. The summed E-state index contributed by atoms with van der Waals surface area (Å²) in [6.07, 6.45) is 12.3. The zero-order valence-electron chi connectivity index (χ0n) is 12.1. The predicted molar refractivity (Wildman–Crippen MR) is 80.4 cm³/mol. The number of hydrogen-bond donors (Lipinski definition) is 0. The summed E-state index contributed by atoms with van der Waals surface area (Å²) in [6.45, 7) is 2.22. The summed E-state index contributed by atoms with van der Waals surface area (Å²) >= 11 is 0. The van der Waals surface area contributed by atoms with E-state index in [9.17, 15) is 8.78 Å². The van der Waals surface area contributed by atoms with Crippen molar-refractivity contribution in [2.45, 2.75) is 51.9 Å². The van der Waals surface area contributed by atoms with Crippen LogP contribution in [-0.4, -0.2) is 0 Å². The molecular formula is C18H22F2. The fourth-order valence-electron chi connectivity index (χ4n) is 2.65.